The average Bonchev–Trinajstić information content (AvgIpc) is 2.50. The van der Waals surface area contributed by atoms with Crippen LogP contribution in [-0.4, -0.2) is 42.1 Å². The summed E-state index contributed by atoms with van der Waals surface area (Å²) in [6.45, 7) is 9.70. The van der Waals surface area contributed by atoms with Crippen LogP contribution >= 0.6 is 0 Å². The van der Waals surface area contributed by atoms with Crippen molar-refractivity contribution < 1.29 is 9.90 Å². The van der Waals surface area contributed by atoms with E-state index in [1.54, 1.807) is 6.07 Å². The normalized spacial score (nSPS) is 10.9. The summed E-state index contributed by atoms with van der Waals surface area (Å²) in [5.74, 6) is -0.0655. The number of hydrogen-bond acceptors (Lipinski definition) is 3. The Labute approximate surface area is 128 Å². The van der Waals surface area contributed by atoms with Crippen LogP contribution in [0, 0.1) is 0 Å². The van der Waals surface area contributed by atoms with Gasteiger partial charge in [-0.05, 0) is 37.6 Å². The number of amides is 1. The minimum Gasteiger partial charge on any atom is -0.507 e. The highest BCUT2D eigenvalue weighted by Gasteiger charge is 2.13. The third-order valence-electron chi connectivity index (χ3n) is 3.77. The number of unbranched alkanes of at least 4 members (excludes halogenated alkanes) is 1. The Bertz CT molecular complexity index is 442. The number of benzene rings is 1. The number of carbonyl (C=O) groups excluding carboxylic acids is 1. The largest absolute Gasteiger partial charge is 0.507 e. The molecule has 21 heavy (non-hydrogen) atoms. The van der Waals surface area contributed by atoms with Crippen LogP contribution in [0.5, 0.6) is 5.75 Å². The van der Waals surface area contributed by atoms with E-state index in [-0.39, 0.29) is 11.7 Å². The number of hydrogen-bond donors (Lipinski definition) is 2. The Morgan fingerprint density at radius 1 is 1.24 bits per heavy atom. The Morgan fingerprint density at radius 2 is 1.95 bits per heavy atom. The number of rotatable bonds is 9. The van der Waals surface area contributed by atoms with Crippen molar-refractivity contribution in [3.05, 3.63) is 29.3 Å². The van der Waals surface area contributed by atoms with Gasteiger partial charge in [0.15, 0.2) is 0 Å². The molecule has 0 aliphatic carbocycles. The Balaban J connectivity index is 2.61. The first-order chi connectivity index (χ1) is 10.1. The summed E-state index contributed by atoms with van der Waals surface area (Å²) in [5, 5.41) is 13.1. The minimum absolute atomic E-state index is 0.131. The Kier molecular flexibility index (Phi) is 7.83. The molecule has 4 nitrogen and oxygen atoms in total. The molecule has 0 atom stereocenters. The van der Waals surface area contributed by atoms with E-state index in [9.17, 15) is 9.90 Å². The van der Waals surface area contributed by atoms with Crippen molar-refractivity contribution >= 4 is 5.91 Å². The number of para-hydroxylation sites is 1. The molecule has 2 N–H and O–H groups in total. The van der Waals surface area contributed by atoms with Crippen molar-refractivity contribution in [2.75, 3.05) is 26.2 Å². The van der Waals surface area contributed by atoms with Gasteiger partial charge in [-0.1, -0.05) is 39.3 Å². The fourth-order valence-electron chi connectivity index (χ4n) is 2.31. The van der Waals surface area contributed by atoms with Crippen molar-refractivity contribution in [2.24, 2.45) is 0 Å². The summed E-state index contributed by atoms with van der Waals surface area (Å²) in [5.41, 5.74) is 1.23. The van der Waals surface area contributed by atoms with E-state index >= 15 is 0 Å². The van der Waals surface area contributed by atoms with Crippen molar-refractivity contribution in [3.63, 3.8) is 0 Å². The second-order valence-electron chi connectivity index (χ2n) is 5.20. The number of carbonyl (C=O) groups is 1. The van der Waals surface area contributed by atoms with Gasteiger partial charge in [0.25, 0.3) is 5.91 Å². The summed E-state index contributed by atoms with van der Waals surface area (Å²) in [7, 11) is 0. The quantitative estimate of drug-likeness (QED) is 0.736. The topological polar surface area (TPSA) is 52.6 Å². The van der Waals surface area contributed by atoms with Crippen LogP contribution in [0.25, 0.3) is 0 Å². The van der Waals surface area contributed by atoms with Gasteiger partial charge in [0.1, 0.15) is 5.75 Å². The molecular formula is C17H28N2O2. The predicted octanol–water partition coefficient (Wildman–Crippen LogP) is 2.81. The molecule has 1 rings (SSSR count). The van der Waals surface area contributed by atoms with Gasteiger partial charge in [-0.3, -0.25) is 4.79 Å². The van der Waals surface area contributed by atoms with E-state index < -0.39 is 0 Å². The summed E-state index contributed by atoms with van der Waals surface area (Å²) in [6.07, 6.45) is 2.89. The van der Waals surface area contributed by atoms with E-state index in [1.165, 1.54) is 0 Å². The van der Waals surface area contributed by atoms with Crippen molar-refractivity contribution in [3.8, 4) is 5.75 Å². The average molecular weight is 292 g/mol. The molecule has 0 aliphatic rings. The molecule has 0 heterocycles. The lowest BCUT2D eigenvalue weighted by atomic mass is 10.0. The van der Waals surface area contributed by atoms with Crippen LogP contribution in [0.4, 0.5) is 0 Å². The van der Waals surface area contributed by atoms with Gasteiger partial charge < -0.3 is 15.3 Å². The van der Waals surface area contributed by atoms with Gasteiger partial charge in [-0.2, -0.15) is 0 Å². The number of phenolic OH excluding ortho intramolecular Hbond substituents is 1. The molecule has 0 fully saturated rings. The summed E-state index contributed by atoms with van der Waals surface area (Å²) >= 11 is 0. The van der Waals surface area contributed by atoms with Crippen LogP contribution in [-0.2, 0) is 6.42 Å². The lowest BCUT2D eigenvalue weighted by Gasteiger charge is -2.18. The molecule has 1 aromatic rings. The predicted molar refractivity (Wildman–Crippen MR) is 86.8 cm³/mol. The van der Waals surface area contributed by atoms with Gasteiger partial charge in [-0.15, -0.1) is 0 Å². The molecule has 0 aliphatic heterocycles. The first-order valence-corrected chi connectivity index (χ1v) is 7.95. The van der Waals surface area contributed by atoms with Gasteiger partial charge in [0.05, 0.1) is 5.56 Å². The smallest absolute Gasteiger partial charge is 0.255 e. The monoisotopic (exact) mass is 292 g/mol. The zero-order valence-electron chi connectivity index (χ0n) is 13.5. The first-order valence-electron chi connectivity index (χ1n) is 7.95. The van der Waals surface area contributed by atoms with Crippen molar-refractivity contribution in [1.82, 2.24) is 10.2 Å². The van der Waals surface area contributed by atoms with Gasteiger partial charge in [0.2, 0.25) is 0 Å². The maximum Gasteiger partial charge on any atom is 0.255 e. The van der Waals surface area contributed by atoms with Crippen LogP contribution in [0.3, 0.4) is 0 Å². The summed E-state index contributed by atoms with van der Waals surface area (Å²) < 4.78 is 0. The third-order valence-corrected chi connectivity index (χ3v) is 3.77. The second kappa shape index (κ2) is 9.40. The fraction of sp³-hybridized carbons (Fsp3) is 0.588. The molecule has 0 bridgehead atoms. The van der Waals surface area contributed by atoms with Crippen LogP contribution in [0.1, 0.15) is 49.5 Å². The minimum atomic E-state index is -0.196. The fourth-order valence-corrected chi connectivity index (χ4v) is 2.31. The maximum atomic E-state index is 12.2. The molecule has 0 saturated heterocycles. The van der Waals surface area contributed by atoms with Gasteiger partial charge >= 0.3 is 0 Å². The highest BCUT2D eigenvalue weighted by atomic mass is 16.3. The zero-order chi connectivity index (χ0) is 15.7. The molecule has 0 saturated carbocycles. The molecule has 0 aromatic heterocycles. The molecular weight excluding hydrogens is 264 g/mol. The van der Waals surface area contributed by atoms with Crippen molar-refractivity contribution in [2.45, 2.75) is 40.0 Å². The van der Waals surface area contributed by atoms with Crippen LogP contribution in [0.15, 0.2) is 18.2 Å². The van der Waals surface area contributed by atoms with Gasteiger partial charge in [-0.25, -0.2) is 0 Å². The van der Waals surface area contributed by atoms with E-state index in [0.29, 0.717) is 12.1 Å². The number of likely N-dealkylation sites (N-methyl/N-ethyl adjacent to an activating group) is 1. The number of phenols is 1. The molecule has 0 unspecified atom stereocenters. The third kappa shape index (κ3) is 5.38. The van der Waals surface area contributed by atoms with E-state index in [4.69, 9.17) is 0 Å². The molecule has 1 aromatic carbocycles. The zero-order valence-corrected chi connectivity index (χ0v) is 13.5. The molecule has 0 spiro atoms. The first kappa shape index (κ1) is 17.5. The second-order valence-corrected chi connectivity index (χ2v) is 5.20. The number of aromatic hydroxyl groups is 1. The lowest BCUT2D eigenvalue weighted by Crippen LogP contribution is -2.34. The van der Waals surface area contributed by atoms with Crippen molar-refractivity contribution in [1.29, 1.82) is 0 Å². The Morgan fingerprint density at radius 3 is 2.57 bits per heavy atom. The van der Waals surface area contributed by atoms with E-state index in [0.717, 1.165) is 44.5 Å². The highest BCUT2D eigenvalue weighted by Crippen LogP contribution is 2.23. The summed E-state index contributed by atoms with van der Waals surface area (Å²) in [6, 6.07) is 5.40. The standard InChI is InChI=1S/C17H28N2O2/c1-4-7-9-14-10-8-11-15(16(14)20)17(21)18-12-13-19(5-2)6-3/h8,10-11,20H,4-7,9,12-13H2,1-3H3,(H,18,21). The molecule has 1 amide bonds. The molecule has 4 heteroatoms. The lowest BCUT2D eigenvalue weighted by molar-refractivity contribution is 0.0946. The summed E-state index contributed by atoms with van der Waals surface area (Å²) in [4.78, 5) is 14.4. The Hall–Kier alpha value is -1.55. The number of nitrogens with zero attached hydrogens (tertiary/aromatic N) is 1. The number of nitrogens with one attached hydrogen (secondary N) is 1. The highest BCUT2D eigenvalue weighted by molar-refractivity contribution is 5.97. The van der Waals surface area contributed by atoms with E-state index in [1.807, 2.05) is 12.1 Å². The SMILES string of the molecule is CCCCc1cccc(C(=O)NCCN(CC)CC)c1O. The maximum absolute atomic E-state index is 12.2. The van der Waals surface area contributed by atoms with E-state index in [2.05, 4.69) is 31.0 Å². The van der Waals surface area contributed by atoms with Gasteiger partial charge in [0, 0.05) is 13.1 Å². The molecule has 118 valence electrons. The van der Waals surface area contributed by atoms with Crippen LogP contribution < -0.4 is 5.32 Å². The number of aryl methyl sites for hydroxylation is 1. The molecule has 0 radical (unpaired) electrons. The van der Waals surface area contributed by atoms with Crippen LogP contribution in [0.2, 0.25) is 0 Å².